The second kappa shape index (κ2) is 8.06. The molecule has 0 heterocycles. The van der Waals surface area contributed by atoms with E-state index in [0.29, 0.717) is 11.1 Å². The SMILES string of the molecule is CCCNC(CC)c1ccccc1Oc1cccc(Cl)c1. The molecule has 0 radical (unpaired) electrons. The van der Waals surface area contributed by atoms with Gasteiger partial charge in [-0.25, -0.2) is 0 Å². The highest BCUT2D eigenvalue weighted by Crippen LogP contribution is 2.31. The van der Waals surface area contributed by atoms with Crippen molar-refractivity contribution < 1.29 is 4.74 Å². The van der Waals surface area contributed by atoms with E-state index in [2.05, 4.69) is 31.3 Å². The van der Waals surface area contributed by atoms with Crippen molar-refractivity contribution in [1.82, 2.24) is 5.32 Å². The van der Waals surface area contributed by atoms with E-state index in [1.807, 2.05) is 36.4 Å². The minimum Gasteiger partial charge on any atom is -0.457 e. The molecule has 0 amide bonds. The van der Waals surface area contributed by atoms with Crippen LogP contribution in [0.3, 0.4) is 0 Å². The van der Waals surface area contributed by atoms with E-state index in [-0.39, 0.29) is 0 Å². The Bertz CT molecular complexity index is 571. The molecule has 2 aromatic carbocycles. The Labute approximate surface area is 132 Å². The molecule has 0 fully saturated rings. The second-order valence-corrected chi connectivity index (χ2v) is 5.45. The van der Waals surface area contributed by atoms with Crippen LogP contribution in [-0.4, -0.2) is 6.54 Å². The molecule has 0 aromatic heterocycles. The quantitative estimate of drug-likeness (QED) is 0.720. The van der Waals surface area contributed by atoms with E-state index in [1.54, 1.807) is 0 Å². The molecular weight excluding hydrogens is 282 g/mol. The molecule has 0 aliphatic rings. The van der Waals surface area contributed by atoms with Crippen molar-refractivity contribution in [2.75, 3.05) is 6.54 Å². The van der Waals surface area contributed by atoms with Crippen LogP contribution in [0.15, 0.2) is 48.5 Å². The Kier molecular flexibility index (Phi) is 6.09. The predicted molar refractivity (Wildman–Crippen MR) is 89.3 cm³/mol. The van der Waals surface area contributed by atoms with Crippen molar-refractivity contribution in [2.45, 2.75) is 32.7 Å². The molecule has 0 saturated carbocycles. The van der Waals surface area contributed by atoms with Crippen LogP contribution in [-0.2, 0) is 0 Å². The molecule has 21 heavy (non-hydrogen) atoms. The zero-order valence-corrected chi connectivity index (χ0v) is 13.4. The maximum atomic E-state index is 6.03. The number of benzene rings is 2. The van der Waals surface area contributed by atoms with E-state index in [9.17, 15) is 0 Å². The molecule has 1 N–H and O–H groups in total. The molecule has 3 heteroatoms. The van der Waals surface area contributed by atoms with Gasteiger partial charge in [-0.1, -0.05) is 49.7 Å². The van der Waals surface area contributed by atoms with Crippen LogP contribution >= 0.6 is 11.6 Å². The molecule has 0 aliphatic carbocycles. The van der Waals surface area contributed by atoms with Gasteiger partial charge < -0.3 is 10.1 Å². The first-order valence-corrected chi connectivity index (χ1v) is 7.88. The maximum absolute atomic E-state index is 6.03. The van der Waals surface area contributed by atoms with Gasteiger partial charge in [-0.3, -0.25) is 0 Å². The maximum Gasteiger partial charge on any atom is 0.132 e. The smallest absolute Gasteiger partial charge is 0.132 e. The van der Waals surface area contributed by atoms with Gasteiger partial charge in [-0.2, -0.15) is 0 Å². The van der Waals surface area contributed by atoms with E-state index in [4.69, 9.17) is 16.3 Å². The monoisotopic (exact) mass is 303 g/mol. The number of hydrogen-bond acceptors (Lipinski definition) is 2. The first kappa shape index (κ1) is 15.9. The van der Waals surface area contributed by atoms with Crippen molar-refractivity contribution >= 4 is 11.6 Å². The molecule has 0 saturated heterocycles. The highest BCUT2D eigenvalue weighted by atomic mass is 35.5. The topological polar surface area (TPSA) is 21.3 Å². The standard InChI is InChI=1S/C18H22ClNO/c1-3-12-20-17(4-2)16-10-5-6-11-18(16)21-15-9-7-8-14(19)13-15/h5-11,13,17,20H,3-4,12H2,1-2H3. The van der Waals surface area contributed by atoms with E-state index < -0.39 is 0 Å². The summed E-state index contributed by atoms with van der Waals surface area (Å²) < 4.78 is 6.03. The largest absolute Gasteiger partial charge is 0.457 e. The Morgan fingerprint density at radius 2 is 1.90 bits per heavy atom. The van der Waals surface area contributed by atoms with Crippen LogP contribution in [0.1, 0.15) is 38.3 Å². The van der Waals surface area contributed by atoms with Gasteiger partial charge in [0.2, 0.25) is 0 Å². The zero-order chi connectivity index (χ0) is 15.1. The average Bonchev–Trinajstić information content (AvgIpc) is 2.49. The van der Waals surface area contributed by atoms with Crippen LogP contribution < -0.4 is 10.1 Å². The molecule has 1 atom stereocenters. The number of para-hydroxylation sites is 1. The van der Waals surface area contributed by atoms with Crippen molar-refractivity contribution in [3.05, 3.63) is 59.1 Å². The zero-order valence-electron chi connectivity index (χ0n) is 12.6. The minimum absolute atomic E-state index is 0.306. The fourth-order valence-corrected chi connectivity index (χ4v) is 2.49. The Balaban J connectivity index is 2.23. The van der Waals surface area contributed by atoms with Crippen LogP contribution in [0.5, 0.6) is 11.5 Å². The van der Waals surface area contributed by atoms with Gasteiger partial charge in [0.15, 0.2) is 0 Å². The summed E-state index contributed by atoms with van der Waals surface area (Å²) in [4.78, 5) is 0. The van der Waals surface area contributed by atoms with Crippen LogP contribution in [0, 0.1) is 0 Å². The highest BCUT2D eigenvalue weighted by molar-refractivity contribution is 6.30. The minimum atomic E-state index is 0.306. The van der Waals surface area contributed by atoms with Gasteiger partial charge in [0.25, 0.3) is 0 Å². The number of halogens is 1. The third-order valence-electron chi connectivity index (χ3n) is 3.37. The molecular formula is C18H22ClNO. The Morgan fingerprint density at radius 3 is 2.62 bits per heavy atom. The predicted octanol–water partition coefficient (Wildman–Crippen LogP) is 5.58. The van der Waals surface area contributed by atoms with Gasteiger partial charge in [-0.15, -0.1) is 0 Å². The third kappa shape index (κ3) is 4.48. The summed E-state index contributed by atoms with van der Waals surface area (Å²) in [6, 6.07) is 16.0. The summed E-state index contributed by atoms with van der Waals surface area (Å²) >= 11 is 6.02. The lowest BCUT2D eigenvalue weighted by Crippen LogP contribution is -2.21. The van der Waals surface area contributed by atoms with Crippen molar-refractivity contribution in [1.29, 1.82) is 0 Å². The van der Waals surface area contributed by atoms with Crippen LogP contribution in [0.2, 0.25) is 5.02 Å². The molecule has 0 aliphatic heterocycles. The fourth-order valence-electron chi connectivity index (χ4n) is 2.31. The van der Waals surface area contributed by atoms with Gasteiger partial charge in [0.1, 0.15) is 11.5 Å². The first-order valence-electron chi connectivity index (χ1n) is 7.50. The number of nitrogens with one attached hydrogen (secondary N) is 1. The van der Waals surface area contributed by atoms with E-state index in [0.717, 1.165) is 30.9 Å². The van der Waals surface area contributed by atoms with Gasteiger partial charge in [0, 0.05) is 16.6 Å². The summed E-state index contributed by atoms with van der Waals surface area (Å²) in [5.74, 6) is 1.65. The van der Waals surface area contributed by atoms with Crippen molar-refractivity contribution in [3.8, 4) is 11.5 Å². The van der Waals surface area contributed by atoms with Gasteiger partial charge >= 0.3 is 0 Å². The molecule has 0 bridgehead atoms. The number of ether oxygens (including phenoxy) is 1. The van der Waals surface area contributed by atoms with Crippen LogP contribution in [0.4, 0.5) is 0 Å². The lowest BCUT2D eigenvalue weighted by atomic mass is 10.0. The molecule has 112 valence electrons. The lowest BCUT2D eigenvalue weighted by Gasteiger charge is -2.20. The third-order valence-corrected chi connectivity index (χ3v) is 3.60. The number of rotatable bonds is 7. The molecule has 2 aromatic rings. The summed E-state index contributed by atoms with van der Waals surface area (Å²) in [6.07, 6.45) is 2.14. The summed E-state index contributed by atoms with van der Waals surface area (Å²) in [6.45, 7) is 5.36. The fraction of sp³-hybridized carbons (Fsp3) is 0.333. The van der Waals surface area contributed by atoms with Gasteiger partial charge in [-0.05, 0) is 43.7 Å². The normalized spacial score (nSPS) is 12.1. The van der Waals surface area contributed by atoms with E-state index >= 15 is 0 Å². The molecule has 0 spiro atoms. The molecule has 2 nitrogen and oxygen atoms in total. The molecule has 2 rings (SSSR count). The first-order chi connectivity index (χ1) is 10.2. The van der Waals surface area contributed by atoms with Gasteiger partial charge in [0.05, 0.1) is 0 Å². The average molecular weight is 304 g/mol. The van der Waals surface area contributed by atoms with Crippen molar-refractivity contribution in [3.63, 3.8) is 0 Å². The van der Waals surface area contributed by atoms with E-state index in [1.165, 1.54) is 5.56 Å². The van der Waals surface area contributed by atoms with Crippen LogP contribution in [0.25, 0.3) is 0 Å². The van der Waals surface area contributed by atoms with Crippen molar-refractivity contribution in [2.24, 2.45) is 0 Å². The summed E-state index contributed by atoms with van der Waals surface area (Å²) in [7, 11) is 0. The Hall–Kier alpha value is -1.51. The highest BCUT2D eigenvalue weighted by Gasteiger charge is 2.14. The summed E-state index contributed by atoms with van der Waals surface area (Å²) in [5.41, 5.74) is 1.19. The summed E-state index contributed by atoms with van der Waals surface area (Å²) in [5, 5.41) is 4.25. The lowest BCUT2D eigenvalue weighted by molar-refractivity contribution is 0.449. The Morgan fingerprint density at radius 1 is 1.10 bits per heavy atom. The number of hydrogen-bond donors (Lipinski definition) is 1. The second-order valence-electron chi connectivity index (χ2n) is 5.01. The molecule has 1 unspecified atom stereocenters.